The summed E-state index contributed by atoms with van der Waals surface area (Å²) in [6.07, 6.45) is 5.14. The molecule has 2 atom stereocenters. The fraction of sp³-hybridized carbons (Fsp3) is 0.714. The molecule has 2 heterocycles. The lowest BCUT2D eigenvalue weighted by Crippen LogP contribution is -2.54. The normalized spacial score (nSPS) is 28.2. The summed E-state index contributed by atoms with van der Waals surface area (Å²) in [7, 11) is -3.35. The van der Waals surface area contributed by atoms with E-state index in [1.165, 1.54) is 11.3 Å². The Kier molecular flexibility index (Phi) is 4.17. The van der Waals surface area contributed by atoms with Gasteiger partial charge in [0.2, 0.25) is 0 Å². The van der Waals surface area contributed by atoms with Crippen molar-refractivity contribution < 1.29 is 13.2 Å². The van der Waals surface area contributed by atoms with E-state index >= 15 is 0 Å². The third-order valence-corrected chi connectivity index (χ3v) is 7.85. The van der Waals surface area contributed by atoms with Gasteiger partial charge in [0.15, 0.2) is 0 Å². The minimum absolute atomic E-state index is 0.0367. The fourth-order valence-corrected chi connectivity index (χ4v) is 6.25. The third-order valence-electron chi connectivity index (χ3n) is 4.23. The monoisotopic (exact) mass is 315 g/mol. The number of ether oxygens (including phenoxy) is 1. The van der Waals surface area contributed by atoms with E-state index in [9.17, 15) is 8.42 Å². The molecule has 0 amide bonds. The van der Waals surface area contributed by atoms with Crippen LogP contribution < -0.4 is 0 Å². The van der Waals surface area contributed by atoms with Crippen LogP contribution in [0, 0.1) is 0 Å². The van der Waals surface area contributed by atoms with E-state index in [2.05, 4.69) is 0 Å². The number of rotatable bonds is 3. The van der Waals surface area contributed by atoms with E-state index in [4.69, 9.17) is 4.74 Å². The average Bonchev–Trinajstić information content (AvgIpc) is 2.96. The zero-order valence-corrected chi connectivity index (χ0v) is 13.4. The topological polar surface area (TPSA) is 46.6 Å². The Balaban J connectivity index is 1.89. The second kappa shape index (κ2) is 5.75. The van der Waals surface area contributed by atoms with E-state index in [0.717, 1.165) is 37.0 Å². The van der Waals surface area contributed by atoms with Gasteiger partial charge >= 0.3 is 0 Å². The first-order valence-electron chi connectivity index (χ1n) is 7.35. The van der Waals surface area contributed by atoms with Gasteiger partial charge in [0.05, 0.1) is 18.8 Å². The average molecular weight is 315 g/mol. The summed E-state index contributed by atoms with van der Waals surface area (Å²) in [4.78, 5) is 1.12. The van der Waals surface area contributed by atoms with Crippen molar-refractivity contribution in [3.05, 3.63) is 17.0 Å². The number of nitrogens with zero attached hydrogens (tertiary/aromatic N) is 1. The molecule has 0 radical (unpaired) electrons. The Bertz CT molecular complexity index is 565. The lowest BCUT2D eigenvalue weighted by atomic mass is 9.91. The van der Waals surface area contributed by atoms with Crippen LogP contribution in [-0.2, 0) is 21.2 Å². The van der Waals surface area contributed by atoms with Crippen LogP contribution in [0.4, 0.5) is 0 Å². The molecule has 1 saturated carbocycles. The van der Waals surface area contributed by atoms with Crippen molar-refractivity contribution in [2.45, 2.75) is 55.4 Å². The molecule has 0 N–H and O–H groups in total. The highest BCUT2D eigenvalue weighted by atomic mass is 32.2. The Morgan fingerprint density at radius 2 is 2.15 bits per heavy atom. The lowest BCUT2D eigenvalue weighted by Gasteiger charge is -2.42. The van der Waals surface area contributed by atoms with Gasteiger partial charge in [0, 0.05) is 11.4 Å². The van der Waals surface area contributed by atoms with E-state index in [1.54, 1.807) is 10.4 Å². The van der Waals surface area contributed by atoms with Gasteiger partial charge in [0.25, 0.3) is 10.0 Å². The molecule has 1 aliphatic carbocycles. The first-order chi connectivity index (χ1) is 9.63. The van der Waals surface area contributed by atoms with Crippen molar-refractivity contribution in [1.29, 1.82) is 0 Å². The van der Waals surface area contributed by atoms with Gasteiger partial charge in [-0.2, -0.15) is 4.31 Å². The van der Waals surface area contributed by atoms with E-state index in [1.807, 2.05) is 13.0 Å². The van der Waals surface area contributed by atoms with Gasteiger partial charge in [-0.3, -0.25) is 0 Å². The van der Waals surface area contributed by atoms with Gasteiger partial charge in [-0.1, -0.05) is 19.8 Å². The highest BCUT2D eigenvalue weighted by Gasteiger charge is 2.41. The zero-order chi connectivity index (χ0) is 14.2. The minimum atomic E-state index is -3.35. The number of fused-ring (bicyclic) bond motifs is 1. The number of thiophene rings is 1. The predicted molar refractivity (Wildman–Crippen MR) is 79.6 cm³/mol. The minimum Gasteiger partial charge on any atom is -0.375 e. The van der Waals surface area contributed by atoms with Crippen LogP contribution >= 0.6 is 11.3 Å². The molecule has 20 heavy (non-hydrogen) atoms. The van der Waals surface area contributed by atoms with Crippen molar-refractivity contribution in [3.8, 4) is 0 Å². The van der Waals surface area contributed by atoms with Gasteiger partial charge in [0.1, 0.15) is 4.21 Å². The summed E-state index contributed by atoms with van der Waals surface area (Å²) < 4.78 is 33.7. The molecule has 6 heteroatoms. The van der Waals surface area contributed by atoms with E-state index < -0.39 is 10.0 Å². The summed E-state index contributed by atoms with van der Waals surface area (Å²) in [5.41, 5.74) is 0. The molecule has 1 aliphatic heterocycles. The summed E-state index contributed by atoms with van der Waals surface area (Å²) in [6, 6.07) is 3.72. The maximum Gasteiger partial charge on any atom is 0.252 e. The zero-order valence-electron chi connectivity index (χ0n) is 11.7. The molecule has 3 rings (SSSR count). The lowest BCUT2D eigenvalue weighted by molar-refractivity contribution is -0.0585. The van der Waals surface area contributed by atoms with Crippen molar-refractivity contribution in [3.63, 3.8) is 0 Å². The van der Waals surface area contributed by atoms with Gasteiger partial charge in [-0.05, 0) is 31.4 Å². The highest BCUT2D eigenvalue weighted by molar-refractivity contribution is 7.91. The molecule has 2 aliphatic rings. The van der Waals surface area contributed by atoms with Crippen LogP contribution in [0.3, 0.4) is 0 Å². The SMILES string of the molecule is CCc1ccc(S(=O)(=O)N2CCO[C@H]3CCCC[C@H]32)s1. The summed E-state index contributed by atoms with van der Waals surface area (Å²) in [6.45, 7) is 3.06. The molecule has 4 nitrogen and oxygen atoms in total. The first-order valence-corrected chi connectivity index (χ1v) is 9.60. The van der Waals surface area contributed by atoms with E-state index in [-0.39, 0.29) is 12.1 Å². The first kappa shape index (κ1) is 14.5. The molecule has 1 aromatic rings. The van der Waals surface area contributed by atoms with Gasteiger partial charge in [-0.15, -0.1) is 11.3 Å². The molecule has 0 bridgehead atoms. The highest BCUT2D eigenvalue weighted by Crippen LogP contribution is 2.34. The Morgan fingerprint density at radius 1 is 1.35 bits per heavy atom. The van der Waals surface area contributed by atoms with Crippen molar-refractivity contribution >= 4 is 21.4 Å². The molecule has 0 aromatic carbocycles. The van der Waals surface area contributed by atoms with E-state index in [0.29, 0.717) is 17.4 Å². The van der Waals surface area contributed by atoms with Crippen molar-refractivity contribution in [2.75, 3.05) is 13.2 Å². The molecule has 2 fully saturated rings. The molecule has 112 valence electrons. The van der Waals surface area contributed by atoms with Crippen LogP contribution in [0.5, 0.6) is 0 Å². The molecule has 0 unspecified atom stereocenters. The smallest absolute Gasteiger partial charge is 0.252 e. The summed E-state index contributed by atoms with van der Waals surface area (Å²) >= 11 is 1.40. The predicted octanol–water partition coefficient (Wildman–Crippen LogP) is 2.64. The van der Waals surface area contributed by atoms with Crippen molar-refractivity contribution in [2.24, 2.45) is 0 Å². The van der Waals surface area contributed by atoms with Gasteiger partial charge < -0.3 is 4.74 Å². The van der Waals surface area contributed by atoms with Crippen LogP contribution in [0.2, 0.25) is 0 Å². The van der Waals surface area contributed by atoms with Gasteiger partial charge in [-0.25, -0.2) is 8.42 Å². The third kappa shape index (κ3) is 2.54. The molecular formula is C14H21NO3S2. The summed E-state index contributed by atoms with van der Waals surface area (Å²) in [5, 5.41) is 0. The number of sulfonamides is 1. The van der Waals surface area contributed by atoms with Crippen LogP contribution in [0.1, 0.15) is 37.5 Å². The molecule has 1 aromatic heterocycles. The summed E-state index contributed by atoms with van der Waals surface area (Å²) in [5.74, 6) is 0. The quantitative estimate of drug-likeness (QED) is 0.861. The van der Waals surface area contributed by atoms with Crippen LogP contribution in [0.15, 0.2) is 16.3 Å². The number of hydrogen-bond donors (Lipinski definition) is 0. The maximum absolute atomic E-state index is 12.9. The fourth-order valence-electron chi connectivity index (χ4n) is 3.16. The van der Waals surface area contributed by atoms with Crippen LogP contribution in [0.25, 0.3) is 0 Å². The number of aryl methyl sites for hydroxylation is 1. The molecular weight excluding hydrogens is 294 g/mol. The molecule has 0 spiro atoms. The maximum atomic E-state index is 12.9. The standard InChI is InChI=1S/C14H21NO3S2/c1-2-11-7-8-14(19-11)20(16,17)15-9-10-18-13-6-4-3-5-12(13)15/h7-8,12-13H,2-6,9-10H2,1H3/t12-,13+/m1/s1. The Hall–Kier alpha value is -0.430. The Labute approximate surface area is 124 Å². The number of morpholine rings is 1. The Morgan fingerprint density at radius 3 is 2.90 bits per heavy atom. The second-order valence-corrected chi connectivity index (χ2v) is 8.74. The largest absolute Gasteiger partial charge is 0.375 e. The van der Waals surface area contributed by atoms with Crippen LogP contribution in [-0.4, -0.2) is 38.0 Å². The second-order valence-electron chi connectivity index (χ2n) is 5.45. The number of hydrogen-bond acceptors (Lipinski definition) is 4. The molecule has 1 saturated heterocycles. The van der Waals surface area contributed by atoms with Crippen molar-refractivity contribution in [1.82, 2.24) is 4.31 Å².